The molecule has 1 aromatic rings. The molecular weight excluding hydrogens is 184 g/mol. The smallest absolute Gasteiger partial charge is 0.358 e. The molecule has 0 amide bonds. The second-order valence-electron chi connectivity index (χ2n) is 2.72. The molecule has 0 saturated carbocycles. The standard InChI is InChI=1S/C8H14O2Si2/c1-9-12(2,10-11)8-6-4-3-5-7-8/h3-7H,1-2,11H3. The molecule has 0 aliphatic heterocycles. The summed E-state index contributed by atoms with van der Waals surface area (Å²) >= 11 is 0. The van der Waals surface area contributed by atoms with E-state index in [0.29, 0.717) is 0 Å². The highest BCUT2D eigenvalue weighted by Crippen LogP contribution is 2.03. The first-order chi connectivity index (χ1) is 5.73. The lowest BCUT2D eigenvalue weighted by molar-refractivity contribution is 0.332. The second-order valence-corrected chi connectivity index (χ2v) is 7.23. The maximum atomic E-state index is 5.53. The Hall–Kier alpha value is -0.426. The Bertz CT molecular complexity index is 234. The zero-order chi connectivity index (χ0) is 9.03. The molecule has 1 rings (SSSR count). The van der Waals surface area contributed by atoms with Crippen LogP contribution in [-0.2, 0) is 8.54 Å². The zero-order valence-electron chi connectivity index (χ0n) is 7.70. The topological polar surface area (TPSA) is 18.5 Å². The molecule has 66 valence electrons. The van der Waals surface area contributed by atoms with Gasteiger partial charge in [0.25, 0.3) is 0 Å². The van der Waals surface area contributed by atoms with Crippen LogP contribution in [0.2, 0.25) is 6.55 Å². The first-order valence-corrected chi connectivity index (χ1v) is 7.02. The van der Waals surface area contributed by atoms with Crippen LogP contribution in [0, 0.1) is 0 Å². The fourth-order valence-corrected chi connectivity index (χ4v) is 3.70. The first-order valence-electron chi connectivity index (χ1n) is 3.89. The van der Waals surface area contributed by atoms with Gasteiger partial charge in [-0.1, -0.05) is 30.3 Å². The SMILES string of the molecule is CO[Si](C)(O[SiH3])c1ccccc1. The number of hydrogen-bond acceptors (Lipinski definition) is 2. The lowest BCUT2D eigenvalue weighted by Crippen LogP contribution is -2.49. The van der Waals surface area contributed by atoms with E-state index >= 15 is 0 Å². The third-order valence-corrected chi connectivity index (χ3v) is 7.35. The maximum Gasteiger partial charge on any atom is 0.358 e. The van der Waals surface area contributed by atoms with E-state index in [2.05, 4.69) is 18.7 Å². The third kappa shape index (κ3) is 1.84. The van der Waals surface area contributed by atoms with Crippen LogP contribution in [0.15, 0.2) is 30.3 Å². The van der Waals surface area contributed by atoms with E-state index in [0.717, 1.165) is 10.5 Å². The molecule has 1 aromatic carbocycles. The van der Waals surface area contributed by atoms with Crippen molar-refractivity contribution in [1.82, 2.24) is 0 Å². The minimum atomic E-state index is -2.01. The van der Waals surface area contributed by atoms with Crippen LogP contribution in [0.4, 0.5) is 0 Å². The Labute approximate surface area is 77.3 Å². The molecule has 12 heavy (non-hydrogen) atoms. The van der Waals surface area contributed by atoms with Crippen LogP contribution in [0.5, 0.6) is 0 Å². The first kappa shape index (κ1) is 9.66. The van der Waals surface area contributed by atoms with E-state index in [1.165, 1.54) is 5.19 Å². The molecule has 0 bridgehead atoms. The quantitative estimate of drug-likeness (QED) is 0.632. The number of rotatable bonds is 3. The van der Waals surface area contributed by atoms with Gasteiger partial charge in [0.15, 0.2) is 0 Å². The summed E-state index contributed by atoms with van der Waals surface area (Å²) < 4.78 is 11.0. The van der Waals surface area contributed by atoms with Crippen molar-refractivity contribution in [3.05, 3.63) is 30.3 Å². The van der Waals surface area contributed by atoms with Crippen LogP contribution >= 0.6 is 0 Å². The molecule has 0 heterocycles. The second kappa shape index (κ2) is 4.00. The van der Waals surface area contributed by atoms with Crippen molar-refractivity contribution in [2.75, 3.05) is 7.11 Å². The Morgan fingerprint density at radius 3 is 2.25 bits per heavy atom. The predicted octanol–water partition coefficient (Wildman–Crippen LogP) is -0.0910. The Kier molecular flexibility index (Phi) is 3.22. The van der Waals surface area contributed by atoms with E-state index in [-0.39, 0.29) is 0 Å². The molecular formula is C8H14O2Si2. The fourth-order valence-electron chi connectivity index (χ4n) is 1.06. The summed E-state index contributed by atoms with van der Waals surface area (Å²) in [5.41, 5.74) is 0. The molecule has 1 atom stereocenters. The fraction of sp³-hybridized carbons (Fsp3) is 0.250. The van der Waals surface area contributed by atoms with Crippen molar-refractivity contribution in [2.24, 2.45) is 0 Å². The lowest BCUT2D eigenvalue weighted by Gasteiger charge is -2.23. The Balaban J connectivity index is 2.95. The van der Waals surface area contributed by atoms with Gasteiger partial charge >= 0.3 is 8.56 Å². The molecule has 0 saturated heterocycles. The molecule has 4 heteroatoms. The summed E-state index contributed by atoms with van der Waals surface area (Å²) in [4.78, 5) is 0. The van der Waals surface area contributed by atoms with Crippen molar-refractivity contribution in [3.8, 4) is 0 Å². The molecule has 2 nitrogen and oxygen atoms in total. The summed E-state index contributed by atoms with van der Waals surface area (Å²) in [7, 11) is 0.436. The van der Waals surface area contributed by atoms with Crippen molar-refractivity contribution in [1.29, 1.82) is 0 Å². The van der Waals surface area contributed by atoms with Crippen molar-refractivity contribution in [3.63, 3.8) is 0 Å². The van der Waals surface area contributed by atoms with E-state index in [1.807, 2.05) is 18.2 Å². The summed E-state index contributed by atoms with van der Waals surface area (Å²) in [6.45, 7) is 2.06. The van der Waals surface area contributed by atoms with Crippen LogP contribution in [0.25, 0.3) is 0 Å². The van der Waals surface area contributed by atoms with Crippen LogP contribution < -0.4 is 5.19 Å². The minimum Gasteiger partial charge on any atom is -0.441 e. The number of benzene rings is 1. The van der Waals surface area contributed by atoms with Gasteiger partial charge in [-0.15, -0.1) is 0 Å². The Morgan fingerprint density at radius 1 is 1.25 bits per heavy atom. The highest BCUT2D eigenvalue weighted by Gasteiger charge is 2.30. The van der Waals surface area contributed by atoms with Crippen LogP contribution in [0.1, 0.15) is 0 Å². The van der Waals surface area contributed by atoms with Crippen molar-refractivity contribution < 1.29 is 8.54 Å². The van der Waals surface area contributed by atoms with Crippen LogP contribution in [-0.4, -0.2) is 26.2 Å². The van der Waals surface area contributed by atoms with Gasteiger partial charge in [-0.3, -0.25) is 0 Å². The predicted molar refractivity (Wildman–Crippen MR) is 55.7 cm³/mol. The lowest BCUT2D eigenvalue weighted by atomic mass is 10.4. The molecule has 0 fully saturated rings. The molecule has 0 spiro atoms. The summed E-state index contributed by atoms with van der Waals surface area (Å²) in [6.07, 6.45) is 0. The van der Waals surface area contributed by atoms with Crippen molar-refractivity contribution >= 4 is 24.2 Å². The molecule has 0 aliphatic carbocycles. The average molecular weight is 198 g/mol. The third-order valence-electron chi connectivity index (χ3n) is 2.08. The number of hydrogen-bond donors (Lipinski definition) is 0. The summed E-state index contributed by atoms with van der Waals surface area (Å²) in [6, 6.07) is 10.2. The van der Waals surface area contributed by atoms with Gasteiger partial charge in [-0.25, -0.2) is 0 Å². The van der Waals surface area contributed by atoms with E-state index in [1.54, 1.807) is 7.11 Å². The largest absolute Gasteiger partial charge is 0.441 e. The van der Waals surface area contributed by atoms with E-state index < -0.39 is 8.56 Å². The molecule has 0 aliphatic rings. The van der Waals surface area contributed by atoms with Crippen LogP contribution in [0.3, 0.4) is 0 Å². The minimum absolute atomic E-state index is 0.728. The van der Waals surface area contributed by atoms with Gasteiger partial charge in [-0.05, 0) is 11.7 Å². The maximum absolute atomic E-state index is 5.53. The Morgan fingerprint density at radius 2 is 1.83 bits per heavy atom. The van der Waals surface area contributed by atoms with E-state index in [9.17, 15) is 0 Å². The summed E-state index contributed by atoms with van der Waals surface area (Å²) in [5, 5.41) is 1.20. The van der Waals surface area contributed by atoms with Gasteiger partial charge in [0.05, 0.1) is 0 Å². The molecule has 1 unspecified atom stereocenters. The zero-order valence-corrected chi connectivity index (χ0v) is 10.7. The van der Waals surface area contributed by atoms with Gasteiger partial charge < -0.3 is 8.54 Å². The molecule has 0 aromatic heterocycles. The van der Waals surface area contributed by atoms with E-state index in [4.69, 9.17) is 8.54 Å². The van der Waals surface area contributed by atoms with Crippen molar-refractivity contribution in [2.45, 2.75) is 6.55 Å². The highest BCUT2D eigenvalue weighted by atomic mass is 28.4. The normalized spacial score (nSPS) is 15.8. The summed E-state index contributed by atoms with van der Waals surface area (Å²) in [5.74, 6) is 0. The molecule has 0 N–H and O–H groups in total. The van der Waals surface area contributed by atoms with Gasteiger partial charge in [-0.2, -0.15) is 0 Å². The average Bonchev–Trinajstić information content (AvgIpc) is 2.18. The monoisotopic (exact) mass is 198 g/mol. The molecule has 0 radical (unpaired) electrons. The van der Waals surface area contributed by atoms with Gasteiger partial charge in [0.2, 0.25) is 0 Å². The highest BCUT2D eigenvalue weighted by molar-refractivity contribution is 6.81. The van der Waals surface area contributed by atoms with Gasteiger partial charge in [0.1, 0.15) is 10.5 Å². The van der Waals surface area contributed by atoms with Gasteiger partial charge in [0, 0.05) is 7.11 Å².